The molecule has 4 aromatic rings. The van der Waals surface area contributed by atoms with Crippen LogP contribution in [0.15, 0.2) is 60.7 Å². The summed E-state index contributed by atoms with van der Waals surface area (Å²) >= 11 is 5.20. The number of benzene rings is 3. The van der Waals surface area contributed by atoms with Crippen molar-refractivity contribution in [3.63, 3.8) is 0 Å². The number of carbonyl (C=O) groups is 2. The molecule has 0 saturated heterocycles. The van der Waals surface area contributed by atoms with E-state index in [1.54, 1.807) is 13.0 Å². The first-order valence-corrected chi connectivity index (χ1v) is 12.2. The molecule has 0 bridgehead atoms. The maximum absolute atomic E-state index is 12.9. The number of esters is 1. The highest BCUT2D eigenvalue weighted by molar-refractivity contribution is 7.80. The summed E-state index contributed by atoms with van der Waals surface area (Å²) in [5.74, 6) is -0.458. The van der Waals surface area contributed by atoms with Crippen LogP contribution in [0.4, 0.5) is 5.69 Å². The number of aliphatic hydroxyl groups excluding tert-OH is 1. The molecule has 0 atom stereocenters. The Hall–Kier alpha value is -4.15. The van der Waals surface area contributed by atoms with E-state index in [-0.39, 0.29) is 24.9 Å². The zero-order valence-electron chi connectivity index (χ0n) is 20.5. The fourth-order valence-electron chi connectivity index (χ4n) is 4.26. The number of aromatic nitrogens is 1. The van der Waals surface area contributed by atoms with E-state index in [1.807, 2.05) is 66.1 Å². The fraction of sp³-hybridized carbons (Fsp3) is 0.222. The lowest BCUT2D eigenvalue weighted by atomic mass is 10.0. The number of anilines is 1. The lowest BCUT2D eigenvalue weighted by Crippen LogP contribution is -2.45. The second kappa shape index (κ2) is 11.7. The average Bonchev–Trinajstić information content (AvgIpc) is 3.18. The fourth-order valence-corrected chi connectivity index (χ4v) is 4.42. The summed E-state index contributed by atoms with van der Waals surface area (Å²) in [6, 6.07) is 18.6. The summed E-state index contributed by atoms with van der Waals surface area (Å²) in [6.45, 7) is 3.74. The molecule has 4 rings (SSSR count). The smallest absolute Gasteiger partial charge is 0.340 e. The normalized spacial score (nSPS) is 10.8. The van der Waals surface area contributed by atoms with Gasteiger partial charge in [0.05, 0.1) is 24.3 Å². The Morgan fingerprint density at radius 3 is 2.41 bits per heavy atom. The molecule has 0 spiro atoms. The molecule has 10 heteroatoms. The van der Waals surface area contributed by atoms with Crippen LogP contribution in [0.25, 0.3) is 21.7 Å². The second-order valence-corrected chi connectivity index (χ2v) is 8.56. The van der Waals surface area contributed by atoms with Crippen molar-refractivity contribution < 1.29 is 24.2 Å². The topological polar surface area (TPSA) is 114 Å². The van der Waals surface area contributed by atoms with Gasteiger partial charge in [0.2, 0.25) is 0 Å². The number of fused-ring (bicyclic) bond motifs is 3. The molecule has 0 radical (unpaired) electrons. The van der Waals surface area contributed by atoms with Crippen LogP contribution in [0, 0.1) is 6.92 Å². The van der Waals surface area contributed by atoms with Gasteiger partial charge in [0.15, 0.2) is 11.7 Å². The molecule has 9 nitrogen and oxygen atoms in total. The minimum atomic E-state index is -0.454. The number of rotatable bonds is 8. The Bertz CT molecular complexity index is 1450. The zero-order valence-corrected chi connectivity index (χ0v) is 21.4. The molecule has 0 aliphatic rings. The lowest BCUT2D eigenvalue weighted by Gasteiger charge is -2.14. The molecule has 0 aliphatic heterocycles. The Kier molecular flexibility index (Phi) is 8.22. The van der Waals surface area contributed by atoms with E-state index in [1.165, 1.54) is 0 Å². The number of nitrogens with zero attached hydrogens (tertiary/aromatic N) is 1. The third-order valence-corrected chi connectivity index (χ3v) is 6.00. The van der Waals surface area contributed by atoms with E-state index in [4.69, 9.17) is 21.7 Å². The lowest BCUT2D eigenvalue weighted by molar-refractivity contribution is -0.123. The largest absolute Gasteiger partial charge is 0.483 e. The quantitative estimate of drug-likeness (QED) is 0.158. The number of ether oxygens (including phenoxy) is 2. The summed E-state index contributed by atoms with van der Waals surface area (Å²) in [5, 5.41) is 15.1. The van der Waals surface area contributed by atoms with E-state index in [0.717, 1.165) is 22.0 Å². The zero-order chi connectivity index (χ0) is 26.4. The number of hydrazine groups is 1. The van der Waals surface area contributed by atoms with Crippen molar-refractivity contribution in [3.05, 3.63) is 71.9 Å². The van der Waals surface area contributed by atoms with E-state index in [2.05, 4.69) is 16.2 Å². The van der Waals surface area contributed by atoms with E-state index < -0.39 is 11.9 Å². The Morgan fingerprint density at radius 1 is 1.00 bits per heavy atom. The van der Waals surface area contributed by atoms with Crippen LogP contribution in [-0.4, -0.2) is 46.5 Å². The standard InChI is InChI=1S/C27H28N4O5S/c1-3-35-26(34)24-17(2)31(13-14-32)25-20-12-8-7-11-19(20)22(15-21(24)25)36-16-23(33)29-30-27(37)28-18-9-5-4-6-10-18/h4-12,15,32H,3,13-14,16H2,1-2H3,(H,29,33)(H2,28,30,37). The average molecular weight is 521 g/mol. The van der Waals surface area contributed by atoms with Crippen molar-refractivity contribution in [3.8, 4) is 5.75 Å². The van der Waals surface area contributed by atoms with Gasteiger partial charge >= 0.3 is 5.97 Å². The van der Waals surface area contributed by atoms with Crippen LogP contribution in [0.2, 0.25) is 0 Å². The number of carbonyl (C=O) groups excluding carboxylic acids is 2. The number of aliphatic hydroxyl groups is 1. The van der Waals surface area contributed by atoms with Crippen molar-refractivity contribution in [2.24, 2.45) is 0 Å². The molecular weight excluding hydrogens is 492 g/mol. The minimum absolute atomic E-state index is 0.0897. The summed E-state index contributed by atoms with van der Waals surface area (Å²) < 4.78 is 13.1. The van der Waals surface area contributed by atoms with Crippen LogP contribution >= 0.6 is 12.2 Å². The summed E-state index contributed by atoms with van der Waals surface area (Å²) in [5.41, 5.74) is 7.83. The molecule has 0 aliphatic carbocycles. The highest BCUT2D eigenvalue weighted by Crippen LogP contribution is 2.38. The number of nitrogens with one attached hydrogen (secondary N) is 3. The number of hydrogen-bond acceptors (Lipinski definition) is 6. The minimum Gasteiger partial charge on any atom is -0.483 e. The predicted molar refractivity (Wildman–Crippen MR) is 147 cm³/mol. The van der Waals surface area contributed by atoms with Crippen molar-refractivity contribution in [1.82, 2.24) is 15.4 Å². The number of para-hydroxylation sites is 1. The van der Waals surface area contributed by atoms with Crippen molar-refractivity contribution in [1.29, 1.82) is 0 Å². The Labute approximate surface area is 219 Å². The van der Waals surface area contributed by atoms with Crippen molar-refractivity contribution >= 4 is 56.6 Å². The molecule has 0 fully saturated rings. The third kappa shape index (κ3) is 5.65. The van der Waals surface area contributed by atoms with Gasteiger partial charge < -0.3 is 24.5 Å². The molecule has 192 valence electrons. The van der Waals surface area contributed by atoms with Gasteiger partial charge in [-0.2, -0.15) is 0 Å². The molecule has 1 heterocycles. The SMILES string of the molecule is CCOC(=O)c1c(C)n(CCO)c2c1cc(OCC(=O)NNC(=S)Nc1ccccc1)c1ccccc12. The van der Waals surface area contributed by atoms with Crippen LogP contribution in [-0.2, 0) is 16.1 Å². The number of thiocarbonyl (C=S) groups is 1. The molecule has 0 unspecified atom stereocenters. The summed E-state index contributed by atoms with van der Waals surface area (Å²) in [7, 11) is 0. The van der Waals surface area contributed by atoms with Gasteiger partial charge in [-0.25, -0.2) is 4.79 Å². The maximum Gasteiger partial charge on any atom is 0.340 e. The molecule has 4 N–H and O–H groups in total. The van der Waals surface area contributed by atoms with E-state index in [0.29, 0.717) is 28.9 Å². The Balaban J connectivity index is 1.59. The van der Waals surface area contributed by atoms with Gasteiger partial charge in [-0.3, -0.25) is 15.6 Å². The van der Waals surface area contributed by atoms with Crippen molar-refractivity contribution in [2.75, 3.05) is 25.1 Å². The molecular formula is C27H28N4O5S. The van der Waals surface area contributed by atoms with Crippen molar-refractivity contribution in [2.45, 2.75) is 20.4 Å². The van der Waals surface area contributed by atoms with Crippen LogP contribution < -0.4 is 20.9 Å². The predicted octanol–water partition coefficient (Wildman–Crippen LogP) is 3.67. The van der Waals surface area contributed by atoms with Gasteiger partial charge in [0, 0.05) is 34.1 Å². The van der Waals surface area contributed by atoms with E-state index in [9.17, 15) is 14.7 Å². The van der Waals surface area contributed by atoms with Crippen LogP contribution in [0.5, 0.6) is 5.75 Å². The maximum atomic E-state index is 12.9. The molecule has 0 saturated carbocycles. The first-order chi connectivity index (χ1) is 17.9. The highest BCUT2D eigenvalue weighted by Gasteiger charge is 2.24. The van der Waals surface area contributed by atoms with Gasteiger partial charge in [-0.05, 0) is 44.3 Å². The third-order valence-electron chi connectivity index (χ3n) is 5.79. The summed E-state index contributed by atoms with van der Waals surface area (Å²) in [4.78, 5) is 25.3. The molecule has 3 aromatic carbocycles. The molecule has 1 aromatic heterocycles. The van der Waals surface area contributed by atoms with Gasteiger partial charge in [0.25, 0.3) is 5.91 Å². The second-order valence-electron chi connectivity index (χ2n) is 8.15. The van der Waals surface area contributed by atoms with Gasteiger partial charge in [-0.15, -0.1) is 0 Å². The highest BCUT2D eigenvalue weighted by atomic mass is 32.1. The number of amides is 1. The van der Waals surface area contributed by atoms with Gasteiger partial charge in [-0.1, -0.05) is 42.5 Å². The Morgan fingerprint density at radius 2 is 1.70 bits per heavy atom. The van der Waals surface area contributed by atoms with Crippen LogP contribution in [0.3, 0.4) is 0 Å². The summed E-state index contributed by atoms with van der Waals surface area (Å²) in [6.07, 6.45) is 0. The van der Waals surface area contributed by atoms with Gasteiger partial charge in [0.1, 0.15) is 5.75 Å². The van der Waals surface area contributed by atoms with E-state index >= 15 is 0 Å². The van der Waals surface area contributed by atoms with Crippen LogP contribution in [0.1, 0.15) is 23.0 Å². The first kappa shape index (κ1) is 25.9. The molecule has 1 amide bonds. The first-order valence-electron chi connectivity index (χ1n) is 11.8. The molecule has 37 heavy (non-hydrogen) atoms. The monoisotopic (exact) mass is 520 g/mol. The number of hydrogen-bond donors (Lipinski definition) is 4.